The Morgan fingerprint density at radius 2 is 1.57 bits per heavy atom. The number of halogens is 2. The van der Waals surface area contributed by atoms with Crippen LogP contribution in [-0.2, 0) is 14.3 Å². The Morgan fingerprint density at radius 3 is 2.07 bits per heavy atom. The van der Waals surface area contributed by atoms with Crippen LogP contribution in [0.4, 0.5) is 14.5 Å². The maximum Gasteiger partial charge on any atom is 0.331 e. The first kappa shape index (κ1) is 22.7. The summed E-state index contributed by atoms with van der Waals surface area (Å²) >= 11 is 0. The van der Waals surface area contributed by atoms with Crippen LogP contribution < -0.4 is 19.5 Å². The van der Waals surface area contributed by atoms with Gasteiger partial charge in [0.25, 0.3) is 5.91 Å². The number of nitrogens with one attached hydrogen (secondary N) is 1. The Labute approximate surface area is 172 Å². The molecule has 1 N–H and O–H groups in total. The van der Waals surface area contributed by atoms with E-state index in [9.17, 15) is 18.4 Å². The van der Waals surface area contributed by atoms with Gasteiger partial charge in [0.15, 0.2) is 17.6 Å². The molecule has 0 aromatic heterocycles. The summed E-state index contributed by atoms with van der Waals surface area (Å²) in [5, 5.41) is 2.06. The highest BCUT2D eigenvalue weighted by molar-refractivity contribution is 5.96. The van der Waals surface area contributed by atoms with Crippen molar-refractivity contribution in [2.45, 2.75) is 13.0 Å². The Morgan fingerprint density at radius 1 is 1.00 bits per heavy atom. The van der Waals surface area contributed by atoms with Gasteiger partial charge in [0.2, 0.25) is 5.75 Å². The Balaban J connectivity index is 2.06. The van der Waals surface area contributed by atoms with Crippen LogP contribution in [0, 0.1) is 11.6 Å². The van der Waals surface area contributed by atoms with Crippen molar-refractivity contribution in [2.24, 2.45) is 0 Å². The highest BCUT2D eigenvalue weighted by atomic mass is 19.1. The maximum atomic E-state index is 13.6. The topological polar surface area (TPSA) is 83.1 Å². The van der Waals surface area contributed by atoms with Crippen LogP contribution in [0.1, 0.15) is 12.5 Å². The van der Waals surface area contributed by atoms with Gasteiger partial charge in [-0.25, -0.2) is 13.6 Å². The Kier molecular flexibility index (Phi) is 7.74. The number of hydrogen-bond donors (Lipinski definition) is 1. The van der Waals surface area contributed by atoms with Crippen LogP contribution in [0.2, 0.25) is 0 Å². The number of para-hydroxylation sites is 1. The molecule has 9 heteroatoms. The number of ether oxygens (including phenoxy) is 4. The zero-order valence-electron chi connectivity index (χ0n) is 16.8. The molecule has 0 saturated carbocycles. The molecule has 0 bridgehead atoms. The zero-order chi connectivity index (χ0) is 22.3. The first-order valence-electron chi connectivity index (χ1n) is 8.74. The van der Waals surface area contributed by atoms with Gasteiger partial charge in [-0.2, -0.15) is 0 Å². The molecule has 160 valence electrons. The largest absolute Gasteiger partial charge is 0.493 e. The van der Waals surface area contributed by atoms with Gasteiger partial charge < -0.3 is 24.3 Å². The van der Waals surface area contributed by atoms with E-state index in [1.807, 2.05) is 0 Å². The third kappa shape index (κ3) is 5.47. The molecule has 0 saturated heterocycles. The molecule has 1 amide bonds. The molecule has 2 rings (SSSR count). The number of benzene rings is 2. The number of esters is 1. The lowest BCUT2D eigenvalue weighted by atomic mass is 10.1. The number of rotatable bonds is 8. The maximum absolute atomic E-state index is 13.6. The molecule has 2 aromatic carbocycles. The monoisotopic (exact) mass is 421 g/mol. The summed E-state index contributed by atoms with van der Waals surface area (Å²) in [4.78, 5) is 24.1. The molecule has 1 unspecified atom stereocenters. The first-order chi connectivity index (χ1) is 14.3. The van der Waals surface area contributed by atoms with Crippen molar-refractivity contribution in [3.63, 3.8) is 0 Å². The van der Waals surface area contributed by atoms with Gasteiger partial charge in [-0.05, 0) is 42.8 Å². The van der Waals surface area contributed by atoms with Crippen molar-refractivity contribution >= 4 is 23.6 Å². The third-order valence-electron chi connectivity index (χ3n) is 3.97. The predicted molar refractivity (Wildman–Crippen MR) is 106 cm³/mol. The van der Waals surface area contributed by atoms with Gasteiger partial charge in [0, 0.05) is 6.08 Å². The fourth-order valence-electron chi connectivity index (χ4n) is 2.47. The van der Waals surface area contributed by atoms with Crippen LogP contribution in [0.15, 0.2) is 36.4 Å². The number of methoxy groups -OCH3 is 3. The van der Waals surface area contributed by atoms with Crippen molar-refractivity contribution < 1.29 is 37.3 Å². The van der Waals surface area contributed by atoms with Gasteiger partial charge in [-0.15, -0.1) is 0 Å². The summed E-state index contributed by atoms with van der Waals surface area (Å²) in [5.74, 6) is -2.42. The van der Waals surface area contributed by atoms with Crippen LogP contribution in [0.3, 0.4) is 0 Å². The fraction of sp³-hybridized carbons (Fsp3) is 0.238. The standard InChI is InChI=1S/C21H21F2NO6/c1-12(21(26)24-19-14(22)6-5-7-15(19)23)30-18(25)9-8-13-10-16(27-2)20(29-4)17(11-13)28-3/h5-12H,1-4H3,(H,24,26)/b9-8+. The molecular weight excluding hydrogens is 400 g/mol. The van der Waals surface area contributed by atoms with Gasteiger partial charge in [-0.1, -0.05) is 6.07 Å². The Bertz CT molecular complexity index is 915. The molecule has 30 heavy (non-hydrogen) atoms. The van der Waals surface area contributed by atoms with Gasteiger partial charge in [0.05, 0.1) is 21.3 Å². The average Bonchev–Trinajstić information content (AvgIpc) is 2.73. The quantitative estimate of drug-likeness (QED) is 0.518. The first-order valence-corrected chi connectivity index (χ1v) is 8.74. The summed E-state index contributed by atoms with van der Waals surface area (Å²) < 4.78 is 47.9. The summed E-state index contributed by atoms with van der Waals surface area (Å²) in [6.07, 6.45) is 1.23. The molecule has 0 heterocycles. The summed E-state index contributed by atoms with van der Waals surface area (Å²) in [7, 11) is 4.38. The number of anilines is 1. The van der Waals surface area contributed by atoms with E-state index < -0.39 is 35.3 Å². The SMILES string of the molecule is COc1cc(/C=C/C(=O)OC(C)C(=O)Nc2c(F)cccc2F)cc(OC)c1OC. The van der Waals surface area contributed by atoms with E-state index in [0.29, 0.717) is 22.8 Å². The zero-order valence-corrected chi connectivity index (χ0v) is 16.8. The smallest absolute Gasteiger partial charge is 0.331 e. The number of carbonyl (C=O) groups excluding carboxylic acids is 2. The summed E-state index contributed by atoms with van der Waals surface area (Å²) in [6.45, 7) is 1.28. The lowest BCUT2D eigenvalue weighted by Crippen LogP contribution is -2.30. The highest BCUT2D eigenvalue weighted by Gasteiger charge is 2.20. The number of hydrogen-bond acceptors (Lipinski definition) is 6. The van der Waals surface area contributed by atoms with Crippen LogP contribution in [-0.4, -0.2) is 39.3 Å². The summed E-state index contributed by atoms with van der Waals surface area (Å²) in [5.41, 5.74) is -0.0645. The number of carbonyl (C=O) groups is 2. The number of amides is 1. The second-order valence-corrected chi connectivity index (χ2v) is 5.96. The molecule has 1 atom stereocenters. The average molecular weight is 421 g/mol. The minimum atomic E-state index is -1.29. The molecule has 0 fully saturated rings. The van der Waals surface area contributed by atoms with E-state index in [1.54, 1.807) is 12.1 Å². The minimum Gasteiger partial charge on any atom is -0.493 e. The lowest BCUT2D eigenvalue weighted by Gasteiger charge is -2.14. The second kappa shape index (κ2) is 10.2. The Hall–Kier alpha value is -3.62. The summed E-state index contributed by atoms with van der Waals surface area (Å²) in [6, 6.07) is 6.38. The molecule has 0 aliphatic heterocycles. The van der Waals surface area contributed by atoms with Crippen molar-refractivity contribution in [1.82, 2.24) is 0 Å². The molecule has 0 spiro atoms. The lowest BCUT2D eigenvalue weighted by molar-refractivity contribution is -0.148. The molecule has 0 radical (unpaired) electrons. The molecule has 0 aliphatic rings. The van der Waals surface area contributed by atoms with Gasteiger partial charge >= 0.3 is 5.97 Å². The molecule has 0 aliphatic carbocycles. The van der Waals surface area contributed by atoms with E-state index in [0.717, 1.165) is 24.3 Å². The minimum absolute atomic E-state index is 0.393. The molecule has 2 aromatic rings. The van der Waals surface area contributed by atoms with E-state index in [1.165, 1.54) is 34.3 Å². The van der Waals surface area contributed by atoms with Crippen LogP contribution in [0.25, 0.3) is 6.08 Å². The van der Waals surface area contributed by atoms with E-state index in [-0.39, 0.29) is 0 Å². The third-order valence-corrected chi connectivity index (χ3v) is 3.97. The van der Waals surface area contributed by atoms with Crippen molar-refractivity contribution in [2.75, 3.05) is 26.6 Å². The van der Waals surface area contributed by atoms with E-state index in [4.69, 9.17) is 18.9 Å². The highest BCUT2D eigenvalue weighted by Crippen LogP contribution is 2.38. The van der Waals surface area contributed by atoms with Gasteiger partial charge in [0.1, 0.15) is 17.3 Å². The van der Waals surface area contributed by atoms with Crippen LogP contribution >= 0.6 is 0 Å². The van der Waals surface area contributed by atoms with Crippen molar-refractivity contribution in [1.29, 1.82) is 0 Å². The normalized spacial score (nSPS) is 11.7. The van der Waals surface area contributed by atoms with Crippen LogP contribution in [0.5, 0.6) is 17.2 Å². The van der Waals surface area contributed by atoms with Crippen molar-refractivity contribution in [3.05, 3.63) is 53.6 Å². The molecule has 7 nitrogen and oxygen atoms in total. The van der Waals surface area contributed by atoms with E-state index in [2.05, 4.69) is 5.32 Å². The van der Waals surface area contributed by atoms with Gasteiger partial charge in [-0.3, -0.25) is 4.79 Å². The fourth-order valence-corrected chi connectivity index (χ4v) is 2.47. The van der Waals surface area contributed by atoms with Crippen molar-refractivity contribution in [3.8, 4) is 17.2 Å². The molecular formula is C21H21F2NO6. The second-order valence-electron chi connectivity index (χ2n) is 5.96. The predicted octanol–water partition coefficient (Wildman–Crippen LogP) is 3.57. The van der Waals surface area contributed by atoms with E-state index >= 15 is 0 Å².